The summed E-state index contributed by atoms with van der Waals surface area (Å²) < 4.78 is 4.96. The van der Waals surface area contributed by atoms with Crippen molar-refractivity contribution in [2.75, 3.05) is 18.1 Å². The highest BCUT2D eigenvalue weighted by molar-refractivity contribution is 6.22. The molecule has 2 amide bonds. The van der Waals surface area contributed by atoms with Crippen LogP contribution >= 0.6 is 0 Å². The summed E-state index contributed by atoms with van der Waals surface area (Å²) in [6, 6.07) is 5.94. The zero-order valence-electron chi connectivity index (χ0n) is 19.2. The van der Waals surface area contributed by atoms with Gasteiger partial charge in [-0.3, -0.25) is 9.59 Å². The summed E-state index contributed by atoms with van der Waals surface area (Å²) in [6.07, 6.45) is 12.9. The number of carbonyl (C=O) groups excluding carboxylic acids is 3. The van der Waals surface area contributed by atoms with E-state index in [-0.39, 0.29) is 18.2 Å². The van der Waals surface area contributed by atoms with Gasteiger partial charge >= 0.3 is 5.97 Å². The van der Waals surface area contributed by atoms with Crippen LogP contribution in [0.3, 0.4) is 0 Å². The largest absolute Gasteiger partial charge is 0.462 e. The molecule has 6 heteroatoms. The molecule has 1 fully saturated rings. The van der Waals surface area contributed by atoms with Gasteiger partial charge in [0.15, 0.2) is 0 Å². The topological polar surface area (TPSA) is 75.7 Å². The molecule has 1 aliphatic heterocycles. The lowest BCUT2D eigenvalue weighted by Crippen LogP contribution is -2.39. The van der Waals surface area contributed by atoms with Gasteiger partial charge in [0, 0.05) is 0 Å². The SMILES string of the molecule is CCCCCCCCCCCCN[C@@H]1CC(=O)N(c2ccc(C(=O)OCC)cc2)C1=O. The molecule has 1 aliphatic rings. The minimum atomic E-state index is -0.462. The van der Waals surface area contributed by atoms with Gasteiger partial charge in [-0.2, -0.15) is 0 Å². The van der Waals surface area contributed by atoms with Crippen LogP contribution in [0.25, 0.3) is 0 Å². The Kier molecular flexibility index (Phi) is 11.3. The predicted octanol–water partition coefficient (Wildman–Crippen LogP) is 5.01. The summed E-state index contributed by atoms with van der Waals surface area (Å²) in [5, 5.41) is 3.25. The van der Waals surface area contributed by atoms with Gasteiger partial charge in [-0.15, -0.1) is 0 Å². The predicted molar refractivity (Wildman–Crippen MR) is 123 cm³/mol. The van der Waals surface area contributed by atoms with Crippen molar-refractivity contribution in [3.8, 4) is 0 Å². The van der Waals surface area contributed by atoms with Crippen LogP contribution in [0.2, 0.25) is 0 Å². The maximum atomic E-state index is 12.7. The Hall–Kier alpha value is -2.21. The average Bonchev–Trinajstić information content (AvgIpc) is 3.05. The fraction of sp³-hybridized carbons (Fsp3) is 0.640. The van der Waals surface area contributed by atoms with Crippen molar-refractivity contribution in [1.82, 2.24) is 5.32 Å². The van der Waals surface area contributed by atoms with Crippen LogP contribution in [0.1, 0.15) is 94.8 Å². The highest BCUT2D eigenvalue weighted by atomic mass is 16.5. The number of nitrogens with zero attached hydrogens (tertiary/aromatic N) is 1. The third kappa shape index (κ3) is 8.09. The van der Waals surface area contributed by atoms with Gasteiger partial charge in [-0.25, -0.2) is 9.69 Å². The van der Waals surface area contributed by atoms with E-state index in [1.807, 2.05) is 0 Å². The number of anilines is 1. The first-order chi connectivity index (χ1) is 15.1. The van der Waals surface area contributed by atoms with Gasteiger partial charge in [0.1, 0.15) is 0 Å². The molecule has 1 aromatic carbocycles. The van der Waals surface area contributed by atoms with Gasteiger partial charge < -0.3 is 10.1 Å². The Bertz CT molecular complexity index is 702. The number of imide groups is 1. The molecule has 1 atom stereocenters. The molecule has 0 spiro atoms. The molecule has 1 saturated heterocycles. The number of amides is 2. The van der Waals surface area contributed by atoms with E-state index in [1.165, 1.54) is 56.3 Å². The second-order valence-corrected chi connectivity index (χ2v) is 8.23. The molecular formula is C25H38N2O4. The van der Waals surface area contributed by atoms with Gasteiger partial charge in [0.05, 0.1) is 30.3 Å². The molecule has 0 aromatic heterocycles. The van der Waals surface area contributed by atoms with Crippen LogP contribution < -0.4 is 10.2 Å². The maximum Gasteiger partial charge on any atom is 0.338 e. The Morgan fingerprint density at radius 3 is 2.10 bits per heavy atom. The molecule has 6 nitrogen and oxygen atoms in total. The van der Waals surface area contributed by atoms with Gasteiger partial charge in [-0.05, 0) is 44.2 Å². The molecule has 1 N–H and O–H groups in total. The normalized spacial score (nSPS) is 16.2. The van der Waals surface area contributed by atoms with Gasteiger partial charge in [0.2, 0.25) is 5.91 Å². The molecule has 172 valence electrons. The fourth-order valence-electron chi connectivity index (χ4n) is 3.91. The molecule has 0 saturated carbocycles. The third-order valence-electron chi connectivity index (χ3n) is 5.70. The Balaban J connectivity index is 1.67. The zero-order chi connectivity index (χ0) is 22.5. The number of hydrogen-bond donors (Lipinski definition) is 1. The number of unbranched alkanes of at least 4 members (excludes halogenated alkanes) is 9. The third-order valence-corrected chi connectivity index (χ3v) is 5.70. The van der Waals surface area contributed by atoms with Crippen LogP contribution in [-0.2, 0) is 14.3 Å². The number of nitrogens with one attached hydrogen (secondary N) is 1. The minimum absolute atomic E-state index is 0.177. The van der Waals surface area contributed by atoms with Crippen LogP contribution in [0.15, 0.2) is 24.3 Å². The first kappa shape index (κ1) is 25.1. The Labute approximate surface area is 186 Å². The second-order valence-electron chi connectivity index (χ2n) is 8.23. The molecule has 0 unspecified atom stereocenters. The second kappa shape index (κ2) is 14.0. The van der Waals surface area contributed by atoms with Gasteiger partial charge in [0.25, 0.3) is 5.91 Å². The van der Waals surface area contributed by atoms with Crippen molar-refractivity contribution in [1.29, 1.82) is 0 Å². The van der Waals surface area contributed by atoms with Gasteiger partial charge in [-0.1, -0.05) is 64.7 Å². The maximum absolute atomic E-state index is 12.7. The lowest BCUT2D eigenvalue weighted by Gasteiger charge is -2.16. The summed E-state index contributed by atoms with van der Waals surface area (Å²) in [4.78, 5) is 38.1. The van der Waals surface area contributed by atoms with E-state index in [4.69, 9.17) is 4.74 Å². The van der Waals surface area contributed by atoms with Crippen molar-refractivity contribution >= 4 is 23.5 Å². The van der Waals surface area contributed by atoms with Crippen LogP contribution in [0.4, 0.5) is 5.69 Å². The number of hydrogen-bond acceptors (Lipinski definition) is 5. The van der Waals surface area contributed by atoms with E-state index in [9.17, 15) is 14.4 Å². The Morgan fingerprint density at radius 2 is 1.52 bits per heavy atom. The first-order valence-corrected chi connectivity index (χ1v) is 12.0. The molecular weight excluding hydrogens is 392 g/mol. The van der Waals surface area contributed by atoms with Crippen LogP contribution in [0.5, 0.6) is 0 Å². The van der Waals surface area contributed by atoms with Crippen LogP contribution in [0, 0.1) is 0 Å². The summed E-state index contributed by atoms with van der Waals surface area (Å²) in [5.41, 5.74) is 0.895. The minimum Gasteiger partial charge on any atom is -0.462 e. The molecule has 1 heterocycles. The lowest BCUT2D eigenvalue weighted by molar-refractivity contribution is -0.121. The number of esters is 1. The van der Waals surface area contributed by atoms with Crippen LogP contribution in [-0.4, -0.2) is 37.0 Å². The fourth-order valence-corrected chi connectivity index (χ4v) is 3.91. The summed E-state index contributed by atoms with van der Waals surface area (Å²) in [7, 11) is 0. The smallest absolute Gasteiger partial charge is 0.338 e. The van der Waals surface area contributed by atoms with E-state index in [2.05, 4.69) is 12.2 Å². The van der Waals surface area contributed by atoms with E-state index >= 15 is 0 Å². The molecule has 0 aliphatic carbocycles. The molecule has 1 aromatic rings. The van der Waals surface area contributed by atoms with Crippen molar-refractivity contribution in [2.45, 2.75) is 90.5 Å². The van der Waals surface area contributed by atoms with Crippen molar-refractivity contribution in [3.05, 3.63) is 29.8 Å². The summed E-state index contributed by atoms with van der Waals surface area (Å²) >= 11 is 0. The monoisotopic (exact) mass is 430 g/mol. The van der Waals surface area contributed by atoms with E-state index in [0.717, 1.165) is 19.4 Å². The van der Waals surface area contributed by atoms with Crippen molar-refractivity contribution in [3.63, 3.8) is 0 Å². The Morgan fingerprint density at radius 1 is 0.935 bits per heavy atom. The molecule has 0 bridgehead atoms. The number of rotatable bonds is 15. The standard InChI is InChI=1S/C25H38N2O4/c1-3-5-6-7-8-9-10-11-12-13-18-26-22-19-23(28)27(24(22)29)21-16-14-20(15-17-21)25(30)31-4-2/h14-17,22,26H,3-13,18-19H2,1-2H3/t22-/m1/s1. The summed E-state index contributed by atoms with van der Waals surface area (Å²) in [6.45, 7) is 5.04. The molecule has 2 rings (SSSR count). The lowest BCUT2D eigenvalue weighted by atomic mass is 10.1. The molecule has 31 heavy (non-hydrogen) atoms. The van der Waals surface area contributed by atoms with E-state index < -0.39 is 12.0 Å². The first-order valence-electron chi connectivity index (χ1n) is 12.0. The highest BCUT2D eigenvalue weighted by Gasteiger charge is 2.39. The molecule has 0 radical (unpaired) electrons. The number of carbonyl (C=O) groups is 3. The van der Waals surface area contributed by atoms with E-state index in [0.29, 0.717) is 17.9 Å². The summed E-state index contributed by atoms with van der Waals surface area (Å²) in [5.74, 6) is -0.848. The van der Waals surface area contributed by atoms with E-state index in [1.54, 1.807) is 31.2 Å². The highest BCUT2D eigenvalue weighted by Crippen LogP contribution is 2.23. The zero-order valence-corrected chi connectivity index (χ0v) is 19.2. The van der Waals surface area contributed by atoms with Crippen molar-refractivity contribution in [2.24, 2.45) is 0 Å². The average molecular weight is 431 g/mol. The number of benzene rings is 1. The quantitative estimate of drug-likeness (QED) is 0.241. The number of ether oxygens (including phenoxy) is 1. The van der Waals surface area contributed by atoms with Crippen molar-refractivity contribution < 1.29 is 19.1 Å².